The van der Waals surface area contributed by atoms with Gasteiger partial charge in [0.2, 0.25) is 5.95 Å². The molecule has 0 spiro atoms. The van der Waals surface area contributed by atoms with Gasteiger partial charge in [-0.1, -0.05) is 12.1 Å². The van der Waals surface area contributed by atoms with E-state index in [2.05, 4.69) is 32.3 Å². The summed E-state index contributed by atoms with van der Waals surface area (Å²) in [7, 11) is -3.22. The second-order valence-electron chi connectivity index (χ2n) is 6.83. The number of rotatable bonds is 5. The molecule has 0 atom stereocenters. The van der Waals surface area contributed by atoms with Gasteiger partial charge in [0.05, 0.1) is 23.8 Å². The summed E-state index contributed by atoms with van der Waals surface area (Å²) in [6.07, 6.45) is 2.87. The lowest BCUT2D eigenvalue weighted by molar-refractivity contribution is 0.122. The minimum Gasteiger partial charge on any atom is -0.378 e. The summed E-state index contributed by atoms with van der Waals surface area (Å²) in [5.74, 6) is 0.480. The van der Waals surface area contributed by atoms with E-state index in [1.54, 1.807) is 36.5 Å². The van der Waals surface area contributed by atoms with Crippen molar-refractivity contribution in [3.05, 3.63) is 60.8 Å². The van der Waals surface area contributed by atoms with Gasteiger partial charge in [-0.3, -0.25) is 0 Å². The molecule has 0 amide bonds. The van der Waals surface area contributed by atoms with Crippen molar-refractivity contribution in [2.45, 2.75) is 4.90 Å². The summed E-state index contributed by atoms with van der Waals surface area (Å²) in [4.78, 5) is 11.4. The van der Waals surface area contributed by atoms with E-state index in [9.17, 15) is 8.42 Å². The number of sulfone groups is 1. The highest BCUT2D eigenvalue weighted by Gasteiger charge is 2.11. The van der Waals surface area contributed by atoms with Gasteiger partial charge >= 0.3 is 0 Å². The lowest BCUT2D eigenvalue weighted by Gasteiger charge is -2.28. The Hall–Kier alpha value is -2.97. The lowest BCUT2D eigenvalue weighted by Crippen LogP contribution is -2.36. The Kier molecular flexibility index (Phi) is 5.46. The van der Waals surface area contributed by atoms with Crippen LogP contribution >= 0.6 is 0 Å². The van der Waals surface area contributed by atoms with E-state index >= 15 is 0 Å². The maximum atomic E-state index is 11.6. The average Bonchev–Trinajstić information content (AvgIpc) is 2.75. The molecule has 0 aliphatic carbocycles. The van der Waals surface area contributed by atoms with Crippen LogP contribution in [0.25, 0.3) is 11.3 Å². The number of hydrogen-bond acceptors (Lipinski definition) is 7. The standard InChI is InChI=1S/C21H22N4O3S/c1-29(26,27)19-8-2-16(3-9-19)20-10-11-22-21(24-20)23-17-4-6-18(7-5-17)25-12-14-28-15-13-25/h2-11H,12-15H2,1H3,(H,22,23,24). The summed E-state index contributed by atoms with van der Waals surface area (Å²) >= 11 is 0. The van der Waals surface area contributed by atoms with Crippen molar-refractivity contribution in [2.24, 2.45) is 0 Å². The molecule has 150 valence electrons. The Labute approximate surface area is 170 Å². The molecule has 1 fully saturated rings. The zero-order chi connectivity index (χ0) is 20.3. The normalized spacial score (nSPS) is 14.6. The molecule has 3 aromatic rings. The zero-order valence-electron chi connectivity index (χ0n) is 16.1. The zero-order valence-corrected chi connectivity index (χ0v) is 16.9. The van der Waals surface area contributed by atoms with Crippen molar-refractivity contribution in [1.29, 1.82) is 0 Å². The van der Waals surface area contributed by atoms with Crippen molar-refractivity contribution in [1.82, 2.24) is 9.97 Å². The monoisotopic (exact) mass is 410 g/mol. The Morgan fingerprint density at radius 2 is 1.66 bits per heavy atom. The van der Waals surface area contributed by atoms with Crippen molar-refractivity contribution in [3.63, 3.8) is 0 Å². The molecule has 1 N–H and O–H groups in total. The number of morpholine rings is 1. The van der Waals surface area contributed by atoms with Crippen LogP contribution in [0.5, 0.6) is 0 Å². The van der Waals surface area contributed by atoms with Gasteiger partial charge < -0.3 is 15.0 Å². The van der Waals surface area contributed by atoms with Gasteiger partial charge in [0.1, 0.15) is 0 Å². The van der Waals surface area contributed by atoms with Crippen LogP contribution in [0.2, 0.25) is 0 Å². The molecule has 7 nitrogen and oxygen atoms in total. The SMILES string of the molecule is CS(=O)(=O)c1ccc(-c2ccnc(Nc3ccc(N4CCOCC4)cc3)n2)cc1. The predicted molar refractivity (Wildman–Crippen MR) is 113 cm³/mol. The molecule has 0 saturated carbocycles. The second-order valence-corrected chi connectivity index (χ2v) is 8.85. The lowest BCUT2D eigenvalue weighted by atomic mass is 10.1. The molecule has 0 unspecified atom stereocenters. The third-order valence-electron chi connectivity index (χ3n) is 4.73. The molecule has 0 radical (unpaired) electrons. The maximum Gasteiger partial charge on any atom is 0.227 e. The number of nitrogens with one attached hydrogen (secondary N) is 1. The van der Waals surface area contributed by atoms with Gasteiger partial charge in [-0.2, -0.15) is 0 Å². The van der Waals surface area contributed by atoms with E-state index in [1.165, 1.54) is 11.9 Å². The molecule has 1 aliphatic heterocycles. The second kappa shape index (κ2) is 8.18. The first-order valence-electron chi connectivity index (χ1n) is 9.32. The van der Waals surface area contributed by atoms with E-state index in [-0.39, 0.29) is 4.90 Å². The summed E-state index contributed by atoms with van der Waals surface area (Å²) < 4.78 is 28.6. The van der Waals surface area contributed by atoms with Crippen LogP contribution in [0.1, 0.15) is 0 Å². The van der Waals surface area contributed by atoms with Gasteiger partial charge in [0, 0.05) is 42.5 Å². The number of anilines is 3. The molecule has 1 aromatic heterocycles. The summed E-state index contributed by atoms with van der Waals surface area (Å²) in [5.41, 5.74) is 3.60. The minimum atomic E-state index is -3.22. The molecule has 1 saturated heterocycles. The van der Waals surface area contributed by atoms with Crippen LogP contribution in [-0.4, -0.2) is 50.9 Å². The number of aromatic nitrogens is 2. The summed E-state index contributed by atoms with van der Waals surface area (Å²) in [5, 5.41) is 3.22. The Balaban J connectivity index is 1.49. The highest BCUT2D eigenvalue weighted by Crippen LogP contribution is 2.23. The van der Waals surface area contributed by atoms with E-state index in [0.29, 0.717) is 11.6 Å². The molecule has 2 heterocycles. The molecule has 2 aromatic carbocycles. The molecule has 29 heavy (non-hydrogen) atoms. The van der Waals surface area contributed by atoms with Gasteiger partial charge in [0.15, 0.2) is 9.84 Å². The summed E-state index contributed by atoms with van der Waals surface area (Å²) in [6.45, 7) is 3.31. The van der Waals surface area contributed by atoms with Crippen molar-refractivity contribution in [3.8, 4) is 11.3 Å². The number of nitrogens with zero attached hydrogens (tertiary/aromatic N) is 3. The Bertz CT molecular complexity index is 1080. The molecular formula is C21H22N4O3S. The van der Waals surface area contributed by atoms with Crippen LogP contribution in [0.4, 0.5) is 17.3 Å². The van der Waals surface area contributed by atoms with E-state index < -0.39 is 9.84 Å². The van der Waals surface area contributed by atoms with E-state index in [0.717, 1.165) is 37.6 Å². The third-order valence-corrected chi connectivity index (χ3v) is 5.86. The van der Waals surface area contributed by atoms with Gasteiger partial charge in [-0.25, -0.2) is 18.4 Å². The fourth-order valence-electron chi connectivity index (χ4n) is 3.16. The smallest absolute Gasteiger partial charge is 0.227 e. The first-order valence-corrected chi connectivity index (χ1v) is 11.2. The van der Waals surface area contributed by atoms with Crippen LogP contribution < -0.4 is 10.2 Å². The van der Waals surface area contributed by atoms with Crippen LogP contribution in [0.3, 0.4) is 0 Å². The maximum absolute atomic E-state index is 11.6. The Morgan fingerprint density at radius 1 is 0.966 bits per heavy atom. The molecule has 1 aliphatic rings. The topological polar surface area (TPSA) is 84.4 Å². The van der Waals surface area contributed by atoms with Crippen molar-refractivity contribution < 1.29 is 13.2 Å². The van der Waals surface area contributed by atoms with Crippen molar-refractivity contribution in [2.75, 3.05) is 42.8 Å². The van der Waals surface area contributed by atoms with Gasteiger partial charge in [-0.05, 0) is 42.5 Å². The first kappa shape index (κ1) is 19.4. The molecule has 0 bridgehead atoms. The van der Waals surface area contributed by atoms with Gasteiger partial charge in [0.25, 0.3) is 0 Å². The van der Waals surface area contributed by atoms with E-state index in [1.807, 2.05) is 12.1 Å². The average molecular weight is 410 g/mol. The van der Waals surface area contributed by atoms with Crippen molar-refractivity contribution >= 4 is 27.2 Å². The largest absolute Gasteiger partial charge is 0.378 e. The molecule has 8 heteroatoms. The minimum absolute atomic E-state index is 0.286. The fraction of sp³-hybridized carbons (Fsp3) is 0.238. The summed E-state index contributed by atoms with van der Waals surface area (Å²) in [6, 6.07) is 16.6. The molecule has 4 rings (SSSR count). The number of ether oxygens (including phenoxy) is 1. The van der Waals surface area contributed by atoms with Crippen LogP contribution in [-0.2, 0) is 14.6 Å². The van der Waals surface area contributed by atoms with Crippen LogP contribution in [0, 0.1) is 0 Å². The number of hydrogen-bond donors (Lipinski definition) is 1. The third kappa shape index (κ3) is 4.72. The molecular weight excluding hydrogens is 388 g/mol. The predicted octanol–water partition coefficient (Wildman–Crippen LogP) is 3.13. The number of benzene rings is 2. The van der Waals surface area contributed by atoms with Crippen LogP contribution in [0.15, 0.2) is 65.7 Å². The Morgan fingerprint density at radius 3 is 2.31 bits per heavy atom. The quantitative estimate of drug-likeness (QED) is 0.692. The highest BCUT2D eigenvalue weighted by atomic mass is 32.2. The van der Waals surface area contributed by atoms with E-state index in [4.69, 9.17) is 4.74 Å². The first-order chi connectivity index (χ1) is 14.0. The fourth-order valence-corrected chi connectivity index (χ4v) is 3.79. The van der Waals surface area contributed by atoms with Gasteiger partial charge in [-0.15, -0.1) is 0 Å². The highest BCUT2D eigenvalue weighted by molar-refractivity contribution is 7.90.